The zero-order valence-corrected chi connectivity index (χ0v) is 21.2. The Kier molecular flexibility index (Phi) is 6.70. The highest BCUT2D eigenvalue weighted by atomic mass is 16.5. The number of carbonyl (C=O) groups excluding carboxylic acids is 2. The molecule has 0 N–H and O–H groups in total. The molecule has 0 heterocycles. The van der Waals surface area contributed by atoms with Crippen molar-refractivity contribution in [1.29, 1.82) is 0 Å². The number of benzene rings is 4. The molecule has 0 spiro atoms. The van der Waals surface area contributed by atoms with Gasteiger partial charge >= 0.3 is 0 Å². The van der Waals surface area contributed by atoms with Gasteiger partial charge in [0.15, 0.2) is 11.6 Å². The van der Waals surface area contributed by atoms with Gasteiger partial charge in [0.1, 0.15) is 11.5 Å². The molecule has 4 rings (SSSR count). The van der Waals surface area contributed by atoms with Crippen LogP contribution in [0.1, 0.15) is 65.2 Å². The van der Waals surface area contributed by atoms with Crippen LogP contribution in [-0.4, -0.2) is 11.6 Å². The number of hydrogen-bond donors (Lipinski definition) is 0. The Morgan fingerprint density at radius 1 is 0.486 bits per heavy atom. The summed E-state index contributed by atoms with van der Waals surface area (Å²) < 4.78 is 5.96. The molecule has 0 amide bonds. The van der Waals surface area contributed by atoms with E-state index < -0.39 is 0 Å². The Morgan fingerprint density at radius 2 is 0.771 bits per heavy atom. The van der Waals surface area contributed by atoms with Crippen molar-refractivity contribution in [3.63, 3.8) is 0 Å². The molecule has 4 aromatic rings. The van der Waals surface area contributed by atoms with Gasteiger partial charge in [0.25, 0.3) is 0 Å². The number of rotatable bonds is 6. The first-order valence-electron chi connectivity index (χ1n) is 11.8. The lowest BCUT2D eigenvalue weighted by atomic mass is 9.93. The van der Waals surface area contributed by atoms with Crippen molar-refractivity contribution < 1.29 is 14.3 Å². The Bertz CT molecular complexity index is 1270. The molecule has 35 heavy (non-hydrogen) atoms. The molecule has 3 nitrogen and oxygen atoms in total. The van der Waals surface area contributed by atoms with Crippen LogP contribution in [0.2, 0.25) is 0 Å². The first-order chi connectivity index (χ1) is 16.6. The van der Waals surface area contributed by atoms with Gasteiger partial charge in [-0.25, -0.2) is 0 Å². The number of ether oxygens (including phenoxy) is 1. The quantitative estimate of drug-likeness (QED) is 0.275. The maximum Gasteiger partial charge on any atom is 0.193 e. The van der Waals surface area contributed by atoms with Crippen molar-refractivity contribution >= 4 is 11.6 Å². The van der Waals surface area contributed by atoms with E-state index >= 15 is 0 Å². The summed E-state index contributed by atoms with van der Waals surface area (Å²) in [5, 5.41) is 0. The summed E-state index contributed by atoms with van der Waals surface area (Å²) in [6, 6.07) is 22.5. The summed E-state index contributed by atoms with van der Waals surface area (Å²) in [5.41, 5.74) is 8.99. The maximum absolute atomic E-state index is 13.1. The second-order valence-corrected chi connectivity index (χ2v) is 9.36. The average molecular weight is 463 g/mol. The van der Waals surface area contributed by atoms with Crippen LogP contribution in [0.15, 0.2) is 72.8 Å². The lowest BCUT2D eigenvalue weighted by Crippen LogP contribution is -2.07. The average Bonchev–Trinajstić information content (AvgIpc) is 2.78. The van der Waals surface area contributed by atoms with Crippen LogP contribution in [0.4, 0.5) is 0 Å². The van der Waals surface area contributed by atoms with E-state index in [4.69, 9.17) is 4.74 Å². The van der Waals surface area contributed by atoms with Gasteiger partial charge < -0.3 is 4.74 Å². The second kappa shape index (κ2) is 9.71. The molecular formula is C32H30O3. The third-order valence-corrected chi connectivity index (χ3v) is 6.28. The summed E-state index contributed by atoms with van der Waals surface area (Å²) in [6.45, 7) is 12.0. The largest absolute Gasteiger partial charge is 0.457 e. The fourth-order valence-corrected chi connectivity index (χ4v) is 4.85. The number of ketones is 2. The molecule has 0 aliphatic carbocycles. The summed E-state index contributed by atoms with van der Waals surface area (Å²) in [7, 11) is 0. The minimum atomic E-state index is 0.0103. The molecule has 0 saturated carbocycles. The van der Waals surface area contributed by atoms with Gasteiger partial charge in [-0.1, -0.05) is 35.4 Å². The maximum atomic E-state index is 13.1. The molecule has 0 aromatic heterocycles. The first kappa shape index (κ1) is 24.2. The summed E-state index contributed by atoms with van der Waals surface area (Å²) in [5.74, 6) is 1.28. The van der Waals surface area contributed by atoms with E-state index in [1.165, 1.54) is 0 Å². The molecule has 0 bridgehead atoms. The van der Waals surface area contributed by atoms with Crippen LogP contribution in [-0.2, 0) is 0 Å². The van der Waals surface area contributed by atoms with E-state index in [-0.39, 0.29) is 11.6 Å². The highest BCUT2D eigenvalue weighted by Gasteiger charge is 2.16. The standard InChI is InChI=1S/C32H30O3/c1-19-15-21(3)29(22(4)16-19)31(33)25-7-11-27(12-8-25)35-28-13-9-26(10-14-28)32(34)30-23(5)17-20(2)18-24(30)6/h7-18H,1-6H3. The van der Waals surface area contributed by atoms with Gasteiger partial charge in [0.2, 0.25) is 0 Å². The van der Waals surface area contributed by atoms with Gasteiger partial charge in [0, 0.05) is 22.3 Å². The van der Waals surface area contributed by atoms with Gasteiger partial charge in [-0.2, -0.15) is 0 Å². The van der Waals surface area contributed by atoms with Crippen LogP contribution in [0, 0.1) is 41.5 Å². The van der Waals surface area contributed by atoms with Gasteiger partial charge in [-0.3, -0.25) is 9.59 Å². The summed E-state index contributed by atoms with van der Waals surface area (Å²) >= 11 is 0. The van der Waals surface area contributed by atoms with Crippen LogP contribution < -0.4 is 4.74 Å². The van der Waals surface area contributed by atoms with Crippen molar-refractivity contribution in [1.82, 2.24) is 0 Å². The molecule has 3 heteroatoms. The van der Waals surface area contributed by atoms with Crippen molar-refractivity contribution in [3.05, 3.63) is 128 Å². The normalized spacial score (nSPS) is 10.8. The lowest BCUT2D eigenvalue weighted by Gasteiger charge is -2.12. The third kappa shape index (κ3) is 5.09. The molecular weight excluding hydrogens is 432 g/mol. The zero-order valence-electron chi connectivity index (χ0n) is 21.2. The molecule has 4 aromatic carbocycles. The topological polar surface area (TPSA) is 43.4 Å². The fraction of sp³-hybridized carbons (Fsp3) is 0.188. The fourth-order valence-electron chi connectivity index (χ4n) is 4.85. The molecule has 0 saturated heterocycles. The second-order valence-electron chi connectivity index (χ2n) is 9.36. The predicted molar refractivity (Wildman–Crippen MR) is 141 cm³/mol. The predicted octanol–water partition coefficient (Wildman–Crippen LogP) is 7.79. The smallest absolute Gasteiger partial charge is 0.193 e. The van der Waals surface area contributed by atoms with Crippen molar-refractivity contribution in [2.75, 3.05) is 0 Å². The summed E-state index contributed by atoms with van der Waals surface area (Å²) in [6.07, 6.45) is 0. The van der Waals surface area contributed by atoms with Crippen LogP contribution >= 0.6 is 0 Å². The SMILES string of the molecule is Cc1cc(C)c(C(=O)c2ccc(Oc3ccc(C(=O)c4c(C)cc(C)cc4C)cc3)cc2)c(C)c1. The third-order valence-electron chi connectivity index (χ3n) is 6.28. The highest BCUT2D eigenvalue weighted by Crippen LogP contribution is 2.26. The van der Waals surface area contributed by atoms with Crippen molar-refractivity contribution in [3.8, 4) is 11.5 Å². The van der Waals surface area contributed by atoms with Crippen molar-refractivity contribution in [2.24, 2.45) is 0 Å². The van der Waals surface area contributed by atoms with E-state index in [1.54, 1.807) is 48.5 Å². The highest BCUT2D eigenvalue weighted by molar-refractivity contribution is 6.11. The summed E-state index contributed by atoms with van der Waals surface area (Å²) in [4.78, 5) is 26.2. The molecule has 0 atom stereocenters. The zero-order chi connectivity index (χ0) is 25.3. The number of hydrogen-bond acceptors (Lipinski definition) is 3. The minimum absolute atomic E-state index is 0.0103. The van der Waals surface area contributed by atoms with E-state index in [9.17, 15) is 9.59 Å². The Labute approximate surface area is 207 Å². The molecule has 176 valence electrons. The molecule has 0 aliphatic heterocycles. The molecule has 0 radical (unpaired) electrons. The molecule has 0 aliphatic rings. The molecule has 0 fully saturated rings. The Balaban J connectivity index is 1.49. The van der Waals surface area contributed by atoms with Crippen LogP contribution in [0.5, 0.6) is 11.5 Å². The van der Waals surface area contributed by atoms with Crippen molar-refractivity contribution in [2.45, 2.75) is 41.5 Å². The van der Waals surface area contributed by atoms with Gasteiger partial charge in [-0.05, 0) is 112 Å². The Morgan fingerprint density at radius 3 is 1.06 bits per heavy atom. The minimum Gasteiger partial charge on any atom is -0.457 e. The van der Waals surface area contributed by atoms with Crippen LogP contribution in [0.25, 0.3) is 0 Å². The van der Waals surface area contributed by atoms with E-state index in [1.807, 2.05) is 65.8 Å². The lowest BCUT2D eigenvalue weighted by molar-refractivity contribution is 0.102. The first-order valence-corrected chi connectivity index (χ1v) is 11.8. The van der Waals surface area contributed by atoms with E-state index in [0.717, 1.165) is 44.5 Å². The van der Waals surface area contributed by atoms with Gasteiger partial charge in [0.05, 0.1) is 0 Å². The molecule has 0 unspecified atom stereocenters. The Hall–Kier alpha value is -3.98. The van der Waals surface area contributed by atoms with Gasteiger partial charge in [-0.15, -0.1) is 0 Å². The van der Waals surface area contributed by atoms with Crippen LogP contribution in [0.3, 0.4) is 0 Å². The monoisotopic (exact) mass is 462 g/mol. The van der Waals surface area contributed by atoms with E-state index in [0.29, 0.717) is 22.6 Å². The van der Waals surface area contributed by atoms with E-state index in [2.05, 4.69) is 0 Å². The number of carbonyl (C=O) groups is 2. The number of aryl methyl sites for hydroxylation is 6.